The number of anilines is 1. The predicted molar refractivity (Wildman–Crippen MR) is 128 cm³/mol. The molecule has 0 unspecified atom stereocenters. The first kappa shape index (κ1) is 24.7. The molecule has 0 spiro atoms. The van der Waals surface area contributed by atoms with Gasteiger partial charge < -0.3 is 19.1 Å². The van der Waals surface area contributed by atoms with Crippen LogP contribution in [0, 0.1) is 10.1 Å². The normalized spacial score (nSPS) is 12.9. The van der Waals surface area contributed by atoms with Crippen molar-refractivity contribution in [2.24, 2.45) is 0 Å². The third-order valence-corrected chi connectivity index (χ3v) is 5.60. The quantitative estimate of drug-likeness (QED) is 0.294. The first-order valence-corrected chi connectivity index (χ1v) is 10.7. The van der Waals surface area contributed by atoms with Crippen LogP contribution in [0.1, 0.15) is 11.1 Å². The fourth-order valence-corrected chi connectivity index (χ4v) is 4.12. The molecule has 2 aromatic carbocycles. The Hall–Kier alpha value is -3.92. The summed E-state index contributed by atoms with van der Waals surface area (Å²) in [6.45, 7) is 0. The zero-order valence-electron chi connectivity index (χ0n) is 18.6. The van der Waals surface area contributed by atoms with Crippen LogP contribution in [-0.2, 0) is 25.5 Å². The molecule has 0 atom stereocenters. The van der Waals surface area contributed by atoms with Crippen molar-refractivity contribution >= 4 is 39.2 Å². The van der Waals surface area contributed by atoms with Crippen LogP contribution in [0.4, 0.5) is 11.4 Å². The number of carbonyl (C=O) groups excluding carboxylic acids is 2. The van der Waals surface area contributed by atoms with Crippen molar-refractivity contribution in [3.8, 4) is 5.75 Å². The van der Waals surface area contributed by atoms with Gasteiger partial charge in [0, 0.05) is 16.7 Å². The fraction of sp³-hybridized carbons (Fsp3) is 0.167. The molecule has 0 radical (unpaired) electrons. The number of rotatable bonds is 7. The van der Waals surface area contributed by atoms with E-state index in [9.17, 15) is 19.7 Å². The monoisotopic (exact) mass is 528 g/mol. The van der Waals surface area contributed by atoms with Gasteiger partial charge in [-0.1, -0.05) is 18.2 Å². The third-order valence-electron chi connectivity index (χ3n) is 5.00. The molecule has 176 valence electrons. The maximum absolute atomic E-state index is 12.7. The van der Waals surface area contributed by atoms with E-state index >= 15 is 0 Å². The lowest BCUT2D eigenvalue weighted by Crippen LogP contribution is -2.27. The highest BCUT2D eigenvalue weighted by Crippen LogP contribution is 2.41. The van der Waals surface area contributed by atoms with Gasteiger partial charge in [0.2, 0.25) is 0 Å². The topological polar surface area (TPSA) is 108 Å². The zero-order valence-corrected chi connectivity index (χ0v) is 20.2. The highest BCUT2D eigenvalue weighted by atomic mass is 79.9. The van der Waals surface area contributed by atoms with Gasteiger partial charge in [-0.15, -0.1) is 0 Å². The van der Waals surface area contributed by atoms with Crippen molar-refractivity contribution in [1.82, 2.24) is 0 Å². The van der Waals surface area contributed by atoms with Crippen LogP contribution < -0.4 is 9.64 Å². The Balaban J connectivity index is 2.15. The van der Waals surface area contributed by atoms with Crippen molar-refractivity contribution in [1.29, 1.82) is 0 Å². The molecule has 0 bridgehead atoms. The van der Waals surface area contributed by atoms with Crippen LogP contribution in [0.15, 0.2) is 76.6 Å². The number of halogens is 1. The first-order valence-electron chi connectivity index (χ1n) is 9.95. The minimum atomic E-state index is -0.861. The van der Waals surface area contributed by atoms with E-state index in [4.69, 9.17) is 14.2 Å². The number of nitro benzene ring substituents is 1. The molecule has 1 aliphatic heterocycles. The Kier molecular flexibility index (Phi) is 7.85. The Morgan fingerprint density at radius 1 is 1.00 bits per heavy atom. The van der Waals surface area contributed by atoms with Gasteiger partial charge in [0.25, 0.3) is 5.69 Å². The largest absolute Gasteiger partial charge is 0.497 e. The summed E-state index contributed by atoms with van der Waals surface area (Å²) in [5.41, 5.74) is 1.06. The highest BCUT2D eigenvalue weighted by Gasteiger charge is 2.33. The van der Waals surface area contributed by atoms with Crippen LogP contribution in [0.25, 0.3) is 0 Å². The summed E-state index contributed by atoms with van der Waals surface area (Å²) in [6, 6.07) is 10.5. The molecular formula is C24H21BrN2O7. The van der Waals surface area contributed by atoms with Gasteiger partial charge in [0.05, 0.1) is 31.8 Å². The lowest BCUT2D eigenvalue weighted by atomic mass is 10.0. The van der Waals surface area contributed by atoms with Gasteiger partial charge >= 0.3 is 11.9 Å². The molecule has 34 heavy (non-hydrogen) atoms. The Bertz CT molecular complexity index is 1220. The van der Waals surface area contributed by atoms with Crippen molar-refractivity contribution in [2.75, 3.05) is 26.2 Å². The van der Waals surface area contributed by atoms with E-state index in [-0.39, 0.29) is 22.6 Å². The number of nitro groups is 1. The van der Waals surface area contributed by atoms with Crippen molar-refractivity contribution in [3.63, 3.8) is 0 Å². The molecule has 0 saturated heterocycles. The summed E-state index contributed by atoms with van der Waals surface area (Å²) in [5.74, 6) is -0.947. The number of esters is 2. The van der Waals surface area contributed by atoms with Gasteiger partial charge in [-0.25, -0.2) is 9.59 Å². The SMILES string of the molecule is COC(=O)C1=C(C(=O)OC)N(c2c(Br)cc(Cc3ccc(OC)cc3)cc2[N+](=O)[O-])C=CC=C1. The van der Waals surface area contributed by atoms with Gasteiger partial charge in [-0.05, 0) is 63.8 Å². The standard InChI is InChI=1S/C24H21BrN2O7/c1-32-17-9-7-15(8-10-17)12-16-13-19(25)22(20(14-16)27(30)31)26-11-5-4-6-18(23(28)33-2)21(26)24(29)34-3/h4-11,13-14H,12H2,1-3H3. The molecule has 9 nitrogen and oxygen atoms in total. The number of allylic oxidation sites excluding steroid dienone is 2. The Labute approximate surface area is 204 Å². The van der Waals surface area contributed by atoms with Gasteiger partial charge in [-0.2, -0.15) is 0 Å². The van der Waals surface area contributed by atoms with Gasteiger partial charge in [0.15, 0.2) is 0 Å². The van der Waals surface area contributed by atoms with Gasteiger partial charge in [0.1, 0.15) is 17.1 Å². The number of hydrogen-bond acceptors (Lipinski definition) is 8. The van der Waals surface area contributed by atoms with Crippen molar-refractivity contribution < 1.29 is 28.7 Å². The van der Waals surface area contributed by atoms with Crippen LogP contribution in [-0.4, -0.2) is 38.2 Å². The average Bonchev–Trinajstić information content (AvgIpc) is 3.06. The number of methoxy groups -OCH3 is 3. The van der Waals surface area contributed by atoms with E-state index in [2.05, 4.69) is 15.9 Å². The van der Waals surface area contributed by atoms with E-state index in [1.54, 1.807) is 19.3 Å². The van der Waals surface area contributed by atoms with E-state index in [1.807, 2.05) is 24.3 Å². The summed E-state index contributed by atoms with van der Waals surface area (Å²) >= 11 is 3.42. The van der Waals surface area contributed by atoms with Crippen molar-refractivity contribution in [2.45, 2.75) is 6.42 Å². The first-order chi connectivity index (χ1) is 16.3. The lowest BCUT2D eigenvalue weighted by molar-refractivity contribution is -0.384. The van der Waals surface area contributed by atoms with Crippen LogP contribution >= 0.6 is 15.9 Å². The van der Waals surface area contributed by atoms with Crippen LogP contribution in [0.3, 0.4) is 0 Å². The van der Waals surface area contributed by atoms with Crippen LogP contribution in [0.5, 0.6) is 5.75 Å². The molecule has 0 N–H and O–H groups in total. The molecule has 0 saturated carbocycles. The smallest absolute Gasteiger partial charge is 0.355 e. The number of hydrogen-bond donors (Lipinski definition) is 0. The molecule has 2 aromatic rings. The van der Waals surface area contributed by atoms with E-state index in [0.29, 0.717) is 22.2 Å². The summed E-state index contributed by atoms with van der Waals surface area (Å²) < 4.78 is 15.2. The predicted octanol–water partition coefficient (Wildman–Crippen LogP) is 4.45. The molecular weight excluding hydrogens is 508 g/mol. The second-order valence-electron chi connectivity index (χ2n) is 7.04. The molecule has 10 heteroatoms. The van der Waals surface area contributed by atoms with E-state index in [0.717, 1.165) is 12.7 Å². The summed E-state index contributed by atoms with van der Waals surface area (Å²) in [5, 5.41) is 12.1. The molecule has 1 aliphatic rings. The number of benzene rings is 2. The third kappa shape index (κ3) is 5.18. The summed E-state index contributed by atoms with van der Waals surface area (Å²) in [7, 11) is 3.90. The summed E-state index contributed by atoms with van der Waals surface area (Å²) in [4.78, 5) is 37.9. The Morgan fingerprint density at radius 2 is 1.68 bits per heavy atom. The van der Waals surface area contributed by atoms with Crippen LogP contribution in [0.2, 0.25) is 0 Å². The molecule has 0 aromatic heterocycles. The fourth-order valence-electron chi connectivity index (χ4n) is 3.43. The minimum Gasteiger partial charge on any atom is -0.497 e. The Morgan fingerprint density at radius 3 is 2.26 bits per heavy atom. The zero-order chi connectivity index (χ0) is 24.8. The maximum Gasteiger partial charge on any atom is 0.355 e. The number of carbonyl (C=O) groups is 2. The van der Waals surface area contributed by atoms with E-state index in [1.165, 1.54) is 36.4 Å². The average molecular weight is 529 g/mol. The highest BCUT2D eigenvalue weighted by molar-refractivity contribution is 9.10. The molecule has 3 rings (SSSR count). The molecule has 0 aliphatic carbocycles. The second-order valence-corrected chi connectivity index (χ2v) is 7.90. The van der Waals surface area contributed by atoms with E-state index < -0.39 is 16.9 Å². The molecule has 0 amide bonds. The number of ether oxygens (including phenoxy) is 3. The lowest BCUT2D eigenvalue weighted by Gasteiger charge is -2.24. The maximum atomic E-state index is 12.7. The molecule has 0 fully saturated rings. The molecule has 1 heterocycles. The summed E-state index contributed by atoms with van der Waals surface area (Å²) in [6.07, 6.45) is 6.31. The second kappa shape index (κ2) is 10.8. The minimum absolute atomic E-state index is 0.0604. The number of nitrogens with zero attached hydrogens (tertiary/aromatic N) is 2. The van der Waals surface area contributed by atoms with Crippen molar-refractivity contribution in [3.05, 3.63) is 97.8 Å². The van der Waals surface area contributed by atoms with Gasteiger partial charge in [-0.3, -0.25) is 10.1 Å².